The Bertz CT molecular complexity index is 1130. The number of carbonyl (C=O) groups excluding carboxylic acids is 1. The maximum atomic E-state index is 12.1. The Morgan fingerprint density at radius 3 is 2.52 bits per heavy atom. The van der Waals surface area contributed by atoms with Crippen molar-refractivity contribution in [3.8, 4) is 16.9 Å². The van der Waals surface area contributed by atoms with Gasteiger partial charge in [0.15, 0.2) is 5.69 Å². The van der Waals surface area contributed by atoms with Crippen molar-refractivity contribution in [1.29, 1.82) is 0 Å². The van der Waals surface area contributed by atoms with Crippen LogP contribution in [0.2, 0.25) is 0 Å². The molecule has 0 radical (unpaired) electrons. The molecule has 0 saturated carbocycles. The van der Waals surface area contributed by atoms with Crippen LogP contribution in [0.1, 0.15) is 35.5 Å². The van der Waals surface area contributed by atoms with Crippen molar-refractivity contribution in [1.82, 2.24) is 9.78 Å². The number of aromatic nitrogens is 2. The normalized spacial score (nSPS) is 13.6. The van der Waals surface area contributed by atoms with Gasteiger partial charge < -0.3 is 11.1 Å². The van der Waals surface area contributed by atoms with Gasteiger partial charge in [-0.1, -0.05) is 19.9 Å². The molecule has 1 aliphatic carbocycles. The predicted molar refractivity (Wildman–Crippen MR) is 124 cm³/mol. The highest BCUT2D eigenvalue weighted by Gasteiger charge is 2.28. The number of carbonyl (C=O) groups is 1. The highest BCUT2D eigenvalue weighted by Crippen LogP contribution is 2.41. The Morgan fingerprint density at radius 2 is 1.90 bits per heavy atom. The number of rotatable bonds is 6. The van der Waals surface area contributed by atoms with Crippen molar-refractivity contribution in [2.45, 2.75) is 31.6 Å². The minimum absolute atomic E-state index is 0.230. The summed E-state index contributed by atoms with van der Waals surface area (Å²) in [5.41, 5.74) is 11.4. The van der Waals surface area contributed by atoms with Gasteiger partial charge in [-0.2, -0.15) is 5.10 Å². The average Bonchev–Trinajstić information content (AvgIpc) is 3.12. The van der Waals surface area contributed by atoms with E-state index in [9.17, 15) is 13.9 Å². The molecule has 9 heteroatoms. The number of primary amides is 1. The zero-order valence-electron chi connectivity index (χ0n) is 17.5. The third kappa shape index (κ3) is 4.17. The lowest BCUT2D eigenvalue weighted by Gasteiger charge is -2.26. The van der Waals surface area contributed by atoms with Gasteiger partial charge in [0, 0.05) is 23.4 Å². The molecule has 1 aliphatic rings. The third-order valence-electron chi connectivity index (χ3n) is 5.37. The third-order valence-corrected chi connectivity index (χ3v) is 6.33. The zero-order valence-corrected chi connectivity index (χ0v) is 18.3. The molecule has 1 heterocycles. The molecule has 0 spiro atoms. The zero-order chi connectivity index (χ0) is 22.3. The van der Waals surface area contributed by atoms with Crippen LogP contribution >= 0.6 is 10.8 Å². The molecule has 0 atom stereocenters. The Morgan fingerprint density at radius 1 is 1.19 bits per heavy atom. The Kier molecular flexibility index (Phi) is 5.52. The van der Waals surface area contributed by atoms with E-state index in [2.05, 4.69) is 42.5 Å². The first-order valence-corrected chi connectivity index (χ1v) is 11.7. The summed E-state index contributed by atoms with van der Waals surface area (Å²) in [6.07, 6.45) is 1.46. The standard InChI is InChI=1S/C22H27N5O3S/c1-13(2)12-25-15-5-3-14-4-10-18-20(22(23)28)26-27(21(18)19(14)11-15)16-6-8-17(9-7-16)31(24,29)30/h3,5-9,11,13,25,29-30H,4,10,12,24H2,1-2H3,(H2,23,28). The van der Waals surface area contributed by atoms with E-state index in [-0.39, 0.29) is 10.6 Å². The van der Waals surface area contributed by atoms with Gasteiger partial charge in [0.25, 0.3) is 5.91 Å². The topological polar surface area (TPSA) is 139 Å². The molecule has 7 N–H and O–H groups in total. The van der Waals surface area contributed by atoms with E-state index in [1.54, 1.807) is 28.9 Å². The minimum atomic E-state index is -3.31. The first kappa shape index (κ1) is 21.4. The lowest BCUT2D eigenvalue weighted by molar-refractivity contribution is 0.0994. The fraction of sp³-hybridized carbons (Fsp3) is 0.273. The molecule has 0 unspecified atom stereocenters. The number of nitrogens with zero attached hydrogens (tertiary/aromatic N) is 2. The maximum absolute atomic E-state index is 12.1. The largest absolute Gasteiger partial charge is 0.385 e. The summed E-state index contributed by atoms with van der Waals surface area (Å²) in [6, 6.07) is 12.8. The number of fused-ring (bicyclic) bond motifs is 3. The summed E-state index contributed by atoms with van der Waals surface area (Å²) in [4.78, 5) is 12.3. The second kappa shape index (κ2) is 8.01. The van der Waals surface area contributed by atoms with Gasteiger partial charge in [0.05, 0.1) is 16.3 Å². The quantitative estimate of drug-likeness (QED) is 0.394. The lowest BCUT2D eigenvalue weighted by atomic mass is 9.88. The van der Waals surface area contributed by atoms with Gasteiger partial charge in [-0.3, -0.25) is 13.9 Å². The van der Waals surface area contributed by atoms with Crippen LogP contribution in [0.15, 0.2) is 47.4 Å². The van der Waals surface area contributed by atoms with Crippen LogP contribution in [0.4, 0.5) is 5.69 Å². The monoisotopic (exact) mass is 441 g/mol. The van der Waals surface area contributed by atoms with Crippen molar-refractivity contribution in [2.24, 2.45) is 16.8 Å². The highest BCUT2D eigenvalue weighted by molar-refractivity contribution is 8.22. The van der Waals surface area contributed by atoms with Crippen LogP contribution in [0.25, 0.3) is 16.9 Å². The van der Waals surface area contributed by atoms with Crippen molar-refractivity contribution in [3.63, 3.8) is 0 Å². The van der Waals surface area contributed by atoms with E-state index in [1.165, 1.54) is 5.56 Å². The molecule has 1 amide bonds. The molecule has 4 rings (SSSR count). The van der Waals surface area contributed by atoms with Crippen LogP contribution in [0, 0.1) is 5.92 Å². The van der Waals surface area contributed by atoms with E-state index in [1.807, 2.05) is 0 Å². The molecule has 3 aromatic rings. The number of amides is 1. The molecular weight excluding hydrogens is 414 g/mol. The van der Waals surface area contributed by atoms with Gasteiger partial charge in [-0.15, -0.1) is 10.8 Å². The Labute approximate surface area is 182 Å². The SMILES string of the molecule is CC(C)CNc1ccc2c(c1)-c1c(c(C(N)=O)nn1-c1ccc(S(N)(O)O)cc1)CC2. The number of nitrogens with one attached hydrogen (secondary N) is 1. The van der Waals surface area contributed by atoms with Crippen LogP contribution in [0.3, 0.4) is 0 Å². The van der Waals surface area contributed by atoms with Gasteiger partial charge in [-0.25, -0.2) is 9.82 Å². The summed E-state index contributed by atoms with van der Waals surface area (Å²) >= 11 is 0. The second-order valence-corrected chi connectivity index (χ2v) is 9.84. The molecule has 0 aliphatic heterocycles. The smallest absolute Gasteiger partial charge is 0.269 e. The van der Waals surface area contributed by atoms with Gasteiger partial charge >= 0.3 is 0 Å². The number of benzene rings is 2. The molecule has 8 nitrogen and oxygen atoms in total. The van der Waals surface area contributed by atoms with Crippen LogP contribution in [-0.2, 0) is 12.8 Å². The van der Waals surface area contributed by atoms with E-state index in [0.29, 0.717) is 18.0 Å². The summed E-state index contributed by atoms with van der Waals surface area (Å²) in [5.74, 6) is -0.0627. The number of hydrogen-bond donors (Lipinski definition) is 5. The Hall–Kier alpha value is -2.85. The summed E-state index contributed by atoms with van der Waals surface area (Å²) in [5, 5.41) is 13.4. The average molecular weight is 442 g/mol. The van der Waals surface area contributed by atoms with Crippen molar-refractivity contribution >= 4 is 22.4 Å². The number of aryl methyl sites for hydroxylation is 1. The Balaban J connectivity index is 1.85. The highest BCUT2D eigenvalue weighted by atomic mass is 32.3. The number of hydrogen-bond acceptors (Lipinski definition) is 6. The van der Waals surface area contributed by atoms with E-state index >= 15 is 0 Å². The molecular formula is C22H27N5O3S. The fourth-order valence-corrected chi connectivity index (χ4v) is 4.38. The van der Waals surface area contributed by atoms with E-state index in [4.69, 9.17) is 10.9 Å². The first-order chi connectivity index (χ1) is 14.6. The number of anilines is 1. The second-order valence-electron chi connectivity index (χ2n) is 8.19. The van der Waals surface area contributed by atoms with Crippen molar-refractivity contribution in [3.05, 3.63) is 59.3 Å². The molecule has 0 fully saturated rings. The van der Waals surface area contributed by atoms with Gasteiger partial charge in [0.1, 0.15) is 0 Å². The molecule has 31 heavy (non-hydrogen) atoms. The van der Waals surface area contributed by atoms with Crippen molar-refractivity contribution in [2.75, 3.05) is 11.9 Å². The molecule has 0 saturated heterocycles. The minimum Gasteiger partial charge on any atom is -0.385 e. The first-order valence-electron chi connectivity index (χ1n) is 10.1. The van der Waals surface area contributed by atoms with Crippen LogP contribution in [0.5, 0.6) is 0 Å². The van der Waals surface area contributed by atoms with Gasteiger partial charge in [-0.05, 0) is 60.7 Å². The summed E-state index contributed by atoms with van der Waals surface area (Å²) in [7, 11) is -3.31. The van der Waals surface area contributed by atoms with Crippen LogP contribution < -0.4 is 16.2 Å². The van der Waals surface area contributed by atoms with E-state index in [0.717, 1.165) is 35.5 Å². The predicted octanol–water partition coefficient (Wildman–Crippen LogP) is 3.79. The summed E-state index contributed by atoms with van der Waals surface area (Å²) < 4.78 is 21.1. The lowest BCUT2D eigenvalue weighted by Crippen LogP contribution is -2.15. The summed E-state index contributed by atoms with van der Waals surface area (Å²) in [6.45, 7) is 5.15. The molecule has 1 aromatic heterocycles. The van der Waals surface area contributed by atoms with Crippen LogP contribution in [-0.4, -0.2) is 31.3 Å². The van der Waals surface area contributed by atoms with E-state index < -0.39 is 16.7 Å². The molecule has 0 bridgehead atoms. The number of nitrogens with two attached hydrogens (primary N) is 2. The maximum Gasteiger partial charge on any atom is 0.269 e. The van der Waals surface area contributed by atoms with Gasteiger partial charge in [0.2, 0.25) is 0 Å². The van der Waals surface area contributed by atoms with Crippen molar-refractivity contribution < 1.29 is 13.9 Å². The fourth-order valence-electron chi connectivity index (χ4n) is 3.84. The molecule has 164 valence electrons. The molecule has 2 aromatic carbocycles.